The molecule has 0 aliphatic carbocycles. The zero-order chi connectivity index (χ0) is 14.2. The number of rotatable bonds is 3. The van der Waals surface area contributed by atoms with Crippen molar-refractivity contribution in [3.05, 3.63) is 21.3 Å². The molecule has 2 amide bonds. The summed E-state index contributed by atoms with van der Waals surface area (Å²) >= 11 is 7.38. The molecule has 2 heterocycles. The van der Waals surface area contributed by atoms with Crippen molar-refractivity contribution in [3.8, 4) is 0 Å². The number of carbonyl (C=O) groups is 2. The highest BCUT2D eigenvalue weighted by atomic mass is 35.5. The monoisotopic (exact) mass is 301 g/mol. The van der Waals surface area contributed by atoms with Crippen LogP contribution in [-0.4, -0.2) is 35.3 Å². The van der Waals surface area contributed by atoms with Crippen LogP contribution in [0, 0.1) is 0 Å². The summed E-state index contributed by atoms with van der Waals surface area (Å²) in [7, 11) is 0. The van der Waals surface area contributed by atoms with Crippen molar-refractivity contribution in [2.75, 3.05) is 6.54 Å². The average Bonchev–Trinajstić information content (AvgIpc) is 2.71. The number of amides is 2. The molecule has 19 heavy (non-hydrogen) atoms. The molecule has 3 N–H and O–H groups in total. The Morgan fingerprint density at radius 1 is 1.53 bits per heavy atom. The number of hydrogen-bond acceptors (Lipinski definition) is 5. The molecule has 1 fully saturated rings. The summed E-state index contributed by atoms with van der Waals surface area (Å²) in [6, 6.07) is 2.89. The number of piperazine rings is 1. The Kier molecular flexibility index (Phi) is 4.25. The second-order valence-corrected chi connectivity index (χ2v) is 6.45. The van der Waals surface area contributed by atoms with Crippen LogP contribution in [0.25, 0.3) is 0 Å². The van der Waals surface area contributed by atoms with Gasteiger partial charge >= 0.3 is 0 Å². The van der Waals surface area contributed by atoms with Gasteiger partial charge in [0.1, 0.15) is 0 Å². The Bertz CT molecular complexity index is 503. The molecule has 1 saturated heterocycles. The first-order chi connectivity index (χ1) is 8.90. The van der Waals surface area contributed by atoms with Gasteiger partial charge < -0.3 is 5.73 Å². The van der Waals surface area contributed by atoms with E-state index in [0.717, 1.165) is 4.88 Å². The molecule has 0 saturated carbocycles. The molecule has 0 bridgehead atoms. The van der Waals surface area contributed by atoms with Crippen molar-refractivity contribution in [3.63, 3.8) is 0 Å². The van der Waals surface area contributed by atoms with Gasteiger partial charge in [-0.05, 0) is 26.0 Å². The first-order valence-electron chi connectivity index (χ1n) is 6.00. The summed E-state index contributed by atoms with van der Waals surface area (Å²) in [6.07, 6.45) is 0. The van der Waals surface area contributed by atoms with E-state index in [1.807, 2.05) is 17.9 Å². The van der Waals surface area contributed by atoms with Crippen LogP contribution in [0.2, 0.25) is 4.34 Å². The Hall–Kier alpha value is -0.950. The van der Waals surface area contributed by atoms with Gasteiger partial charge in [0.15, 0.2) is 0 Å². The number of imide groups is 1. The standard InChI is InChI=1S/C12H16ClN3O2S/c1-6(14)11(8-3-4-9(13)19-8)16-5-10(17)15-12(18)7(16)2/h3-4,6-7,11H,5,14H2,1-2H3,(H,15,17,18). The maximum atomic E-state index is 11.7. The minimum absolute atomic E-state index is 0.161. The first kappa shape index (κ1) is 14.5. The molecule has 7 heteroatoms. The van der Waals surface area contributed by atoms with E-state index < -0.39 is 6.04 Å². The maximum Gasteiger partial charge on any atom is 0.243 e. The lowest BCUT2D eigenvalue weighted by Crippen LogP contribution is -2.59. The number of nitrogens with one attached hydrogen (secondary N) is 1. The highest BCUT2D eigenvalue weighted by Gasteiger charge is 2.37. The molecule has 5 nitrogen and oxygen atoms in total. The molecular formula is C12H16ClN3O2S. The number of halogens is 1. The lowest BCUT2D eigenvalue weighted by Gasteiger charge is -2.39. The molecular weight excluding hydrogens is 286 g/mol. The Morgan fingerprint density at radius 2 is 2.21 bits per heavy atom. The van der Waals surface area contributed by atoms with Crippen molar-refractivity contribution in [2.45, 2.75) is 32.0 Å². The molecule has 1 aliphatic rings. The number of nitrogens with zero attached hydrogens (tertiary/aromatic N) is 1. The van der Waals surface area contributed by atoms with Gasteiger partial charge in [0, 0.05) is 10.9 Å². The van der Waals surface area contributed by atoms with E-state index in [4.69, 9.17) is 17.3 Å². The molecule has 104 valence electrons. The summed E-state index contributed by atoms with van der Waals surface area (Å²) in [6.45, 7) is 3.79. The summed E-state index contributed by atoms with van der Waals surface area (Å²) in [5.74, 6) is -0.582. The summed E-state index contributed by atoms with van der Waals surface area (Å²) in [4.78, 5) is 26.1. The largest absolute Gasteiger partial charge is 0.326 e. The molecule has 0 aromatic carbocycles. The second kappa shape index (κ2) is 5.58. The van der Waals surface area contributed by atoms with Crippen LogP contribution >= 0.6 is 22.9 Å². The maximum absolute atomic E-state index is 11.7. The smallest absolute Gasteiger partial charge is 0.243 e. The van der Waals surface area contributed by atoms with E-state index in [1.54, 1.807) is 13.0 Å². The number of thiophene rings is 1. The predicted molar refractivity (Wildman–Crippen MR) is 75.0 cm³/mol. The Labute approximate surface area is 120 Å². The fraction of sp³-hybridized carbons (Fsp3) is 0.500. The number of carbonyl (C=O) groups excluding carboxylic acids is 2. The van der Waals surface area contributed by atoms with Gasteiger partial charge in [0.05, 0.1) is 23.0 Å². The highest BCUT2D eigenvalue weighted by Crippen LogP contribution is 2.33. The van der Waals surface area contributed by atoms with Crippen LogP contribution in [0.4, 0.5) is 0 Å². The lowest BCUT2D eigenvalue weighted by atomic mass is 10.0. The van der Waals surface area contributed by atoms with E-state index in [2.05, 4.69) is 5.32 Å². The topological polar surface area (TPSA) is 75.4 Å². The normalized spacial score (nSPS) is 24.1. The molecule has 3 atom stereocenters. The Morgan fingerprint density at radius 3 is 2.74 bits per heavy atom. The van der Waals surface area contributed by atoms with Gasteiger partial charge in [-0.3, -0.25) is 19.8 Å². The van der Waals surface area contributed by atoms with Gasteiger partial charge in [-0.15, -0.1) is 11.3 Å². The SMILES string of the molecule is CC(N)C(c1ccc(Cl)s1)N1CC(=O)NC(=O)C1C. The van der Waals surface area contributed by atoms with Crippen LogP contribution in [0.3, 0.4) is 0 Å². The third-order valence-corrected chi connectivity index (χ3v) is 4.51. The van der Waals surface area contributed by atoms with Crippen LogP contribution in [0.15, 0.2) is 12.1 Å². The predicted octanol–water partition coefficient (Wildman–Crippen LogP) is 1.14. The first-order valence-corrected chi connectivity index (χ1v) is 7.20. The zero-order valence-corrected chi connectivity index (χ0v) is 12.3. The van der Waals surface area contributed by atoms with Crippen molar-refractivity contribution in [1.82, 2.24) is 10.2 Å². The Balaban J connectivity index is 2.33. The van der Waals surface area contributed by atoms with Gasteiger partial charge in [0.25, 0.3) is 0 Å². The third-order valence-electron chi connectivity index (χ3n) is 3.21. The van der Waals surface area contributed by atoms with E-state index in [-0.39, 0.29) is 30.4 Å². The van der Waals surface area contributed by atoms with Crippen LogP contribution < -0.4 is 11.1 Å². The third kappa shape index (κ3) is 2.97. The molecule has 1 aliphatic heterocycles. The summed E-state index contributed by atoms with van der Waals surface area (Å²) in [5.41, 5.74) is 6.04. The lowest BCUT2D eigenvalue weighted by molar-refractivity contribution is -0.141. The molecule has 3 unspecified atom stereocenters. The van der Waals surface area contributed by atoms with E-state index in [9.17, 15) is 9.59 Å². The van der Waals surface area contributed by atoms with Crippen LogP contribution in [0.1, 0.15) is 24.8 Å². The van der Waals surface area contributed by atoms with Gasteiger partial charge in [-0.1, -0.05) is 11.6 Å². The number of nitrogens with two attached hydrogens (primary N) is 1. The summed E-state index contributed by atoms with van der Waals surface area (Å²) in [5, 5.41) is 2.33. The molecule has 1 aromatic heterocycles. The van der Waals surface area contributed by atoms with E-state index >= 15 is 0 Å². The van der Waals surface area contributed by atoms with Crippen molar-refractivity contribution >= 4 is 34.8 Å². The number of hydrogen-bond donors (Lipinski definition) is 2. The van der Waals surface area contributed by atoms with Gasteiger partial charge in [-0.2, -0.15) is 0 Å². The van der Waals surface area contributed by atoms with Crippen LogP contribution in [-0.2, 0) is 9.59 Å². The minimum Gasteiger partial charge on any atom is -0.326 e. The van der Waals surface area contributed by atoms with Crippen LogP contribution in [0.5, 0.6) is 0 Å². The quantitative estimate of drug-likeness (QED) is 0.821. The van der Waals surface area contributed by atoms with E-state index in [0.29, 0.717) is 4.34 Å². The van der Waals surface area contributed by atoms with Gasteiger partial charge in [-0.25, -0.2) is 0 Å². The highest BCUT2D eigenvalue weighted by molar-refractivity contribution is 7.16. The molecule has 1 aromatic rings. The molecule has 2 rings (SSSR count). The average molecular weight is 302 g/mol. The zero-order valence-electron chi connectivity index (χ0n) is 10.7. The van der Waals surface area contributed by atoms with E-state index in [1.165, 1.54) is 11.3 Å². The van der Waals surface area contributed by atoms with Gasteiger partial charge in [0.2, 0.25) is 11.8 Å². The van der Waals surface area contributed by atoms with Crippen molar-refractivity contribution < 1.29 is 9.59 Å². The van der Waals surface area contributed by atoms with Crippen molar-refractivity contribution in [2.24, 2.45) is 5.73 Å². The molecule has 0 radical (unpaired) electrons. The second-order valence-electron chi connectivity index (χ2n) is 4.71. The molecule has 0 spiro atoms. The summed E-state index contributed by atoms with van der Waals surface area (Å²) < 4.78 is 0.668. The van der Waals surface area contributed by atoms with Crippen molar-refractivity contribution in [1.29, 1.82) is 0 Å². The minimum atomic E-state index is -0.394. The fourth-order valence-corrected chi connectivity index (χ4v) is 3.58. The fourth-order valence-electron chi connectivity index (χ4n) is 2.29.